The summed E-state index contributed by atoms with van der Waals surface area (Å²) in [5.74, 6) is -0.172. The molecule has 0 saturated heterocycles. The molecule has 2 nitrogen and oxygen atoms in total. The van der Waals surface area contributed by atoms with Crippen LogP contribution in [0.1, 0.15) is 33.6 Å². The number of hydrogen-bond donors (Lipinski definition) is 0. The summed E-state index contributed by atoms with van der Waals surface area (Å²) in [6.07, 6.45) is 1.64. The zero-order valence-corrected chi connectivity index (χ0v) is 8.02. The van der Waals surface area contributed by atoms with Gasteiger partial charge in [-0.05, 0) is 19.8 Å². The summed E-state index contributed by atoms with van der Waals surface area (Å²) in [7, 11) is 0. The molecule has 3 heteroatoms. The SMILES string of the molecule is CCC(CC)C(=O)OC(C)Cl. The number of carbonyl (C=O) groups excluding carboxylic acids is 1. The molecule has 11 heavy (non-hydrogen) atoms. The summed E-state index contributed by atoms with van der Waals surface area (Å²) >= 11 is 5.49. The lowest BCUT2D eigenvalue weighted by atomic mass is 10.0. The molecule has 0 aliphatic carbocycles. The highest BCUT2D eigenvalue weighted by Crippen LogP contribution is 2.11. The van der Waals surface area contributed by atoms with E-state index in [9.17, 15) is 4.79 Å². The molecular weight excluding hydrogens is 164 g/mol. The Bertz CT molecular complexity index is 119. The van der Waals surface area contributed by atoms with Gasteiger partial charge >= 0.3 is 5.97 Å². The van der Waals surface area contributed by atoms with Crippen molar-refractivity contribution < 1.29 is 9.53 Å². The largest absolute Gasteiger partial charge is 0.446 e. The summed E-state index contributed by atoms with van der Waals surface area (Å²) in [5, 5.41) is 0. The first kappa shape index (κ1) is 10.8. The Balaban J connectivity index is 3.79. The first-order valence-electron chi connectivity index (χ1n) is 3.96. The molecule has 0 amide bonds. The van der Waals surface area contributed by atoms with E-state index in [1.54, 1.807) is 6.92 Å². The van der Waals surface area contributed by atoms with Crippen LogP contribution in [-0.4, -0.2) is 11.5 Å². The van der Waals surface area contributed by atoms with Gasteiger partial charge in [-0.1, -0.05) is 25.4 Å². The van der Waals surface area contributed by atoms with Crippen LogP contribution in [0.3, 0.4) is 0 Å². The number of rotatable bonds is 4. The summed E-state index contributed by atoms with van der Waals surface area (Å²) in [6.45, 7) is 5.57. The fraction of sp³-hybridized carbons (Fsp3) is 0.875. The van der Waals surface area contributed by atoms with Crippen LogP contribution in [0, 0.1) is 5.92 Å². The van der Waals surface area contributed by atoms with Crippen molar-refractivity contribution >= 4 is 17.6 Å². The molecule has 0 rings (SSSR count). The summed E-state index contributed by atoms with van der Waals surface area (Å²) in [6, 6.07) is 0. The third-order valence-electron chi connectivity index (χ3n) is 1.60. The van der Waals surface area contributed by atoms with E-state index in [4.69, 9.17) is 16.3 Å². The Hall–Kier alpha value is -0.240. The monoisotopic (exact) mass is 178 g/mol. The fourth-order valence-electron chi connectivity index (χ4n) is 0.878. The van der Waals surface area contributed by atoms with E-state index < -0.39 is 5.56 Å². The summed E-state index contributed by atoms with van der Waals surface area (Å²) < 4.78 is 4.82. The molecule has 66 valence electrons. The predicted molar refractivity (Wildman–Crippen MR) is 45.5 cm³/mol. The lowest BCUT2D eigenvalue weighted by Crippen LogP contribution is -2.18. The van der Waals surface area contributed by atoms with Crippen molar-refractivity contribution in [2.24, 2.45) is 5.92 Å². The molecule has 0 radical (unpaired) electrons. The maximum Gasteiger partial charge on any atom is 0.310 e. The van der Waals surface area contributed by atoms with Crippen molar-refractivity contribution in [3.8, 4) is 0 Å². The molecule has 1 atom stereocenters. The summed E-state index contributed by atoms with van der Waals surface area (Å²) in [4.78, 5) is 11.1. The molecular formula is C8H15ClO2. The molecule has 0 heterocycles. The van der Waals surface area contributed by atoms with Gasteiger partial charge in [0, 0.05) is 0 Å². The number of ether oxygens (including phenoxy) is 1. The van der Waals surface area contributed by atoms with Crippen LogP contribution < -0.4 is 0 Å². The third kappa shape index (κ3) is 4.25. The van der Waals surface area contributed by atoms with Crippen LogP contribution in [0.4, 0.5) is 0 Å². The molecule has 0 aliphatic heterocycles. The second kappa shape index (κ2) is 5.42. The highest BCUT2D eigenvalue weighted by molar-refractivity contribution is 6.19. The van der Waals surface area contributed by atoms with Gasteiger partial charge in [0.1, 0.15) is 0 Å². The van der Waals surface area contributed by atoms with Crippen molar-refractivity contribution in [3.63, 3.8) is 0 Å². The fourth-order valence-corrected chi connectivity index (χ4v) is 0.966. The van der Waals surface area contributed by atoms with Crippen LogP contribution >= 0.6 is 11.6 Å². The van der Waals surface area contributed by atoms with E-state index in [1.165, 1.54) is 0 Å². The Morgan fingerprint density at radius 3 is 2.18 bits per heavy atom. The van der Waals surface area contributed by atoms with Gasteiger partial charge in [-0.15, -0.1) is 0 Å². The van der Waals surface area contributed by atoms with Crippen molar-refractivity contribution in [1.82, 2.24) is 0 Å². The smallest absolute Gasteiger partial charge is 0.310 e. The Morgan fingerprint density at radius 1 is 1.45 bits per heavy atom. The van der Waals surface area contributed by atoms with Gasteiger partial charge in [0.15, 0.2) is 5.56 Å². The molecule has 0 bridgehead atoms. The van der Waals surface area contributed by atoms with Crippen LogP contribution in [0.15, 0.2) is 0 Å². The highest BCUT2D eigenvalue weighted by Gasteiger charge is 2.16. The van der Waals surface area contributed by atoms with Crippen molar-refractivity contribution in [2.75, 3.05) is 0 Å². The van der Waals surface area contributed by atoms with Crippen molar-refractivity contribution in [1.29, 1.82) is 0 Å². The maximum absolute atomic E-state index is 11.1. The third-order valence-corrected chi connectivity index (χ3v) is 1.69. The van der Waals surface area contributed by atoms with Gasteiger partial charge < -0.3 is 4.74 Å². The molecule has 0 fully saturated rings. The Kier molecular flexibility index (Phi) is 5.30. The van der Waals surface area contributed by atoms with Crippen molar-refractivity contribution in [3.05, 3.63) is 0 Å². The molecule has 0 aromatic rings. The average Bonchev–Trinajstić information content (AvgIpc) is 1.88. The van der Waals surface area contributed by atoms with Gasteiger partial charge in [0.2, 0.25) is 0 Å². The van der Waals surface area contributed by atoms with E-state index in [1.807, 2.05) is 13.8 Å². The highest BCUT2D eigenvalue weighted by atomic mass is 35.5. The van der Waals surface area contributed by atoms with E-state index >= 15 is 0 Å². The van der Waals surface area contributed by atoms with E-state index in [0.717, 1.165) is 12.8 Å². The quantitative estimate of drug-likeness (QED) is 0.489. The second-order valence-corrected chi connectivity index (χ2v) is 3.11. The lowest BCUT2D eigenvalue weighted by Gasteiger charge is -2.12. The minimum Gasteiger partial charge on any atom is -0.446 e. The second-order valence-electron chi connectivity index (χ2n) is 2.49. The van der Waals surface area contributed by atoms with Gasteiger partial charge in [0.05, 0.1) is 5.92 Å². The number of carbonyl (C=O) groups is 1. The normalized spacial score (nSPS) is 13.2. The van der Waals surface area contributed by atoms with Crippen LogP contribution in [0.5, 0.6) is 0 Å². The molecule has 0 aliphatic rings. The summed E-state index contributed by atoms with van der Waals surface area (Å²) in [5.41, 5.74) is -0.511. The van der Waals surface area contributed by atoms with Crippen LogP contribution in [0.25, 0.3) is 0 Å². The standard InChI is InChI=1S/C8H15ClO2/c1-4-7(5-2)8(10)11-6(3)9/h6-7H,4-5H2,1-3H3. The Labute approximate surface area is 72.9 Å². The Morgan fingerprint density at radius 2 is 1.91 bits per heavy atom. The maximum atomic E-state index is 11.1. The van der Waals surface area contributed by atoms with E-state index in [0.29, 0.717) is 0 Å². The molecule has 0 aromatic heterocycles. The van der Waals surface area contributed by atoms with E-state index in [2.05, 4.69) is 0 Å². The average molecular weight is 179 g/mol. The number of alkyl halides is 1. The van der Waals surface area contributed by atoms with Gasteiger partial charge in [-0.2, -0.15) is 0 Å². The molecule has 0 saturated carbocycles. The van der Waals surface area contributed by atoms with E-state index in [-0.39, 0.29) is 11.9 Å². The zero-order valence-electron chi connectivity index (χ0n) is 7.26. The van der Waals surface area contributed by atoms with Crippen LogP contribution in [0.2, 0.25) is 0 Å². The first-order chi connectivity index (χ1) is 5.11. The molecule has 0 aromatic carbocycles. The minimum atomic E-state index is -0.511. The lowest BCUT2D eigenvalue weighted by molar-refractivity contribution is -0.150. The topological polar surface area (TPSA) is 26.3 Å². The number of hydrogen-bond acceptors (Lipinski definition) is 2. The first-order valence-corrected chi connectivity index (χ1v) is 4.40. The van der Waals surface area contributed by atoms with Gasteiger partial charge in [-0.3, -0.25) is 4.79 Å². The van der Waals surface area contributed by atoms with Crippen molar-refractivity contribution in [2.45, 2.75) is 39.2 Å². The molecule has 0 spiro atoms. The molecule has 1 unspecified atom stereocenters. The number of halogens is 1. The van der Waals surface area contributed by atoms with Crippen LogP contribution in [-0.2, 0) is 9.53 Å². The predicted octanol–water partition coefficient (Wildman–Crippen LogP) is 2.55. The molecule has 0 N–H and O–H groups in total. The van der Waals surface area contributed by atoms with Gasteiger partial charge in [0.25, 0.3) is 0 Å². The zero-order chi connectivity index (χ0) is 8.85. The minimum absolute atomic E-state index is 0.0104. The van der Waals surface area contributed by atoms with Gasteiger partial charge in [-0.25, -0.2) is 0 Å². The number of esters is 1.